The van der Waals surface area contributed by atoms with Crippen molar-refractivity contribution >= 4 is 11.8 Å². The van der Waals surface area contributed by atoms with E-state index in [2.05, 4.69) is 12.2 Å². The van der Waals surface area contributed by atoms with Gasteiger partial charge in [-0.05, 0) is 35.6 Å². The van der Waals surface area contributed by atoms with Crippen molar-refractivity contribution in [2.75, 3.05) is 6.54 Å². The highest BCUT2D eigenvalue weighted by Crippen LogP contribution is 2.18. The van der Waals surface area contributed by atoms with Crippen LogP contribution in [0.3, 0.4) is 0 Å². The molecular weight excluding hydrogens is 408 g/mol. The van der Waals surface area contributed by atoms with Crippen molar-refractivity contribution in [3.63, 3.8) is 0 Å². The van der Waals surface area contributed by atoms with Gasteiger partial charge in [0.15, 0.2) is 0 Å². The first-order valence-electron chi connectivity index (χ1n) is 11.8. The number of benzene rings is 3. The second-order valence-corrected chi connectivity index (χ2v) is 8.46. The molecule has 3 rings (SSSR count). The highest BCUT2D eigenvalue weighted by atomic mass is 16.2. The number of aryl methyl sites for hydroxylation is 1. The van der Waals surface area contributed by atoms with Crippen molar-refractivity contribution < 1.29 is 9.59 Å². The average Bonchev–Trinajstić information content (AvgIpc) is 2.83. The van der Waals surface area contributed by atoms with Gasteiger partial charge in [0.25, 0.3) is 0 Å². The van der Waals surface area contributed by atoms with E-state index in [9.17, 15) is 9.59 Å². The number of carbonyl (C=O) groups excluding carboxylic acids is 2. The molecule has 3 aromatic carbocycles. The highest BCUT2D eigenvalue weighted by Gasteiger charge is 2.30. The summed E-state index contributed by atoms with van der Waals surface area (Å²) >= 11 is 0. The molecule has 0 aromatic heterocycles. The molecule has 33 heavy (non-hydrogen) atoms. The van der Waals surface area contributed by atoms with Crippen LogP contribution in [0.1, 0.15) is 42.0 Å². The van der Waals surface area contributed by atoms with E-state index in [0.29, 0.717) is 19.5 Å². The van der Waals surface area contributed by atoms with E-state index >= 15 is 0 Å². The fraction of sp³-hybridized carbons (Fsp3) is 0.310. The topological polar surface area (TPSA) is 49.4 Å². The average molecular weight is 443 g/mol. The van der Waals surface area contributed by atoms with Gasteiger partial charge in [-0.1, -0.05) is 98.3 Å². The number of hydrogen-bond donors (Lipinski definition) is 1. The lowest BCUT2D eigenvalue weighted by Gasteiger charge is -2.32. The Labute approximate surface area is 197 Å². The van der Waals surface area contributed by atoms with Crippen molar-refractivity contribution in [2.24, 2.45) is 0 Å². The molecule has 2 amide bonds. The van der Waals surface area contributed by atoms with Crippen LogP contribution in [0.15, 0.2) is 84.9 Å². The Kier molecular flexibility index (Phi) is 9.25. The van der Waals surface area contributed by atoms with E-state index in [-0.39, 0.29) is 18.2 Å². The molecule has 0 spiro atoms. The largest absolute Gasteiger partial charge is 0.354 e. The monoisotopic (exact) mass is 442 g/mol. The zero-order chi connectivity index (χ0) is 23.5. The van der Waals surface area contributed by atoms with Crippen LogP contribution in [0.4, 0.5) is 0 Å². The Morgan fingerprint density at radius 1 is 0.848 bits per heavy atom. The first-order valence-corrected chi connectivity index (χ1v) is 11.8. The van der Waals surface area contributed by atoms with E-state index in [1.54, 1.807) is 4.90 Å². The third kappa shape index (κ3) is 7.31. The number of amides is 2. The lowest BCUT2D eigenvalue weighted by molar-refractivity contribution is -0.140. The van der Waals surface area contributed by atoms with Crippen LogP contribution in [0.5, 0.6) is 0 Å². The molecule has 0 saturated heterocycles. The standard InChI is InChI=1S/C29H34N2O2/c1-3-4-19-30-29(33)27(20-24-14-7-5-8-15-24)31(22-26-18-12-11-13-23(26)2)28(32)21-25-16-9-6-10-17-25/h5-18,27H,3-4,19-22H2,1-2H3,(H,30,33). The minimum absolute atomic E-state index is 0.0453. The molecule has 1 atom stereocenters. The Bertz CT molecular complexity index is 1020. The normalized spacial score (nSPS) is 11.6. The third-order valence-electron chi connectivity index (χ3n) is 5.90. The highest BCUT2D eigenvalue weighted by molar-refractivity contribution is 5.88. The zero-order valence-corrected chi connectivity index (χ0v) is 19.7. The van der Waals surface area contributed by atoms with Gasteiger partial charge in [0.2, 0.25) is 11.8 Å². The van der Waals surface area contributed by atoms with Gasteiger partial charge in [-0.2, -0.15) is 0 Å². The molecule has 1 unspecified atom stereocenters. The Morgan fingerprint density at radius 2 is 1.45 bits per heavy atom. The predicted molar refractivity (Wildman–Crippen MR) is 134 cm³/mol. The van der Waals surface area contributed by atoms with Gasteiger partial charge in [0, 0.05) is 19.5 Å². The number of hydrogen-bond acceptors (Lipinski definition) is 2. The number of nitrogens with one attached hydrogen (secondary N) is 1. The van der Waals surface area contributed by atoms with Crippen LogP contribution >= 0.6 is 0 Å². The minimum atomic E-state index is -0.583. The first-order chi connectivity index (χ1) is 16.1. The Hall–Kier alpha value is -3.40. The summed E-state index contributed by atoms with van der Waals surface area (Å²) in [6, 6.07) is 27.1. The van der Waals surface area contributed by atoms with Crippen molar-refractivity contribution in [3.8, 4) is 0 Å². The minimum Gasteiger partial charge on any atom is -0.354 e. The summed E-state index contributed by atoms with van der Waals surface area (Å²) in [4.78, 5) is 28.8. The van der Waals surface area contributed by atoms with Crippen LogP contribution < -0.4 is 5.32 Å². The number of rotatable bonds is 11. The van der Waals surface area contributed by atoms with E-state index < -0.39 is 6.04 Å². The maximum absolute atomic E-state index is 13.6. The lowest BCUT2D eigenvalue weighted by Crippen LogP contribution is -2.51. The summed E-state index contributed by atoms with van der Waals surface area (Å²) < 4.78 is 0. The SMILES string of the molecule is CCCCNC(=O)C(Cc1ccccc1)N(Cc1ccccc1C)C(=O)Cc1ccccc1. The van der Waals surface area contributed by atoms with E-state index in [1.807, 2.05) is 91.9 Å². The molecule has 0 aliphatic rings. The Balaban J connectivity index is 1.94. The predicted octanol–water partition coefficient (Wildman–Crippen LogP) is 5.09. The van der Waals surface area contributed by atoms with Gasteiger partial charge in [-0.15, -0.1) is 0 Å². The third-order valence-corrected chi connectivity index (χ3v) is 5.90. The van der Waals surface area contributed by atoms with Crippen molar-refractivity contribution in [1.82, 2.24) is 10.2 Å². The molecule has 4 nitrogen and oxygen atoms in total. The van der Waals surface area contributed by atoms with Gasteiger partial charge in [-0.25, -0.2) is 0 Å². The van der Waals surface area contributed by atoms with Crippen LogP contribution in [0.2, 0.25) is 0 Å². The second-order valence-electron chi connectivity index (χ2n) is 8.46. The summed E-state index contributed by atoms with van der Waals surface area (Å²) in [7, 11) is 0. The van der Waals surface area contributed by atoms with Crippen molar-refractivity contribution in [2.45, 2.75) is 52.1 Å². The first kappa shape index (κ1) is 24.2. The van der Waals surface area contributed by atoms with Gasteiger partial charge in [0.1, 0.15) is 6.04 Å². The molecule has 0 bridgehead atoms. The molecule has 4 heteroatoms. The quantitative estimate of drug-likeness (QED) is 0.420. The summed E-state index contributed by atoms with van der Waals surface area (Å²) in [5, 5.41) is 3.07. The molecule has 0 aliphatic carbocycles. The van der Waals surface area contributed by atoms with E-state index in [0.717, 1.165) is 35.1 Å². The summed E-state index contributed by atoms with van der Waals surface area (Å²) in [6.45, 7) is 5.16. The van der Waals surface area contributed by atoms with Crippen LogP contribution in [0, 0.1) is 6.92 Å². The lowest BCUT2D eigenvalue weighted by atomic mass is 10.0. The van der Waals surface area contributed by atoms with Gasteiger partial charge in [0.05, 0.1) is 6.42 Å². The van der Waals surface area contributed by atoms with Crippen molar-refractivity contribution in [1.29, 1.82) is 0 Å². The molecule has 0 heterocycles. The number of nitrogens with zero attached hydrogens (tertiary/aromatic N) is 1. The number of unbranched alkanes of at least 4 members (excludes halogenated alkanes) is 1. The van der Waals surface area contributed by atoms with E-state index in [1.165, 1.54) is 0 Å². The molecule has 0 fully saturated rings. The molecular formula is C29H34N2O2. The fourth-order valence-corrected chi connectivity index (χ4v) is 3.90. The van der Waals surface area contributed by atoms with Gasteiger partial charge in [-0.3, -0.25) is 9.59 Å². The Morgan fingerprint density at radius 3 is 2.09 bits per heavy atom. The van der Waals surface area contributed by atoms with E-state index in [4.69, 9.17) is 0 Å². The maximum Gasteiger partial charge on any atom is 0.243 e. The zero-order valence-electron chi connectivity index (χ0n) is 19.7. The molecule has 3 aromatic rings. The van der Waals surface area contributed by atoms with Gasteiger partial charge < -0.3 is 10.2 Å². The molecule has 0 aliphatic heterocycles. The summed E-state index contributed by atoms with van der Waals surface area (Å²) in [5.41, 5.74) is 4.15. The number of carbonyl (C=O) groups is 2. The second kappa shape index (κ2) is 12.6. The fourth-order valence-electron chi connectivity index (χ4n) is 3.90. The summed E-state index contributed by atoms with van der Waals surface area (Å²) in [6.07, 6.45) is 2.66. The maximum atomic E-state index is 13.6. The molecule has 172 valence electrons. The summed E-state index contributed by atoms with van der Waals surface area (Å²) in [5.74, 6) is -0.140. The van der Waals surface area contributed by atoms with Crippen LogP contribution in [-0.4, -0.2) is 29.3 Å². The van der Waals surface area contributed by atoms with Crippen LogP contribution in [0.25, 0.3) is 0 Å². The van der Waals surface area contributed by atoms with Crippen LogP contribution in [-0.2, 0) is 29.0 Å². The molecule has 1 N–H and O–H groups in total. The van der Waals surface area contributed by atoms with Gasteiger partial charge >= 0.3 is 0 Å². The van der Waals surface area contributed by atoms with Crippen molar-refractivity contribution in [3.05, 3.63) is 107 Å². The molecule has 0 radical (unpaired) electrons. The smallest absolute Gasteiger partial charge is 0.243 e. The molecule has 0 saturated carbocycles.